The van der Waals surface area contributed by atoms with Crippen LogP contribution in [0.5, 0.6) is 0 Å². The molecule has 1 amide bonds. The van der Waals surface area contributed by atoms with Crippen molar-refractivity contribution in [2.45, 2.75) is 50.6 Å². The average molecular weight is 472 g/mol. The van der Waals surface area contributed by atoms with Gasteiger partial charge in [-0.3, -0.25) is 4.90 Å². The Balaban J connectivity index is 1.16. The van der Waals surface area contributed by atoms with Gasteiger partial charge in [0.15, 0.2) is 11.6 Å². The van der Waals surface area contributed by atoms with E-state index >= 15 is 0 Å². The Hall–Kier alpha value is -3.47. The zero-order chi connectivity index (χ0) is 24.1. The van der Waals surface area contributed by atoms with Gasteiger partial charge in [0.25, 0.3) is 0 Å². The van der Waals surface area contributed by atoms with Gasteiger partial charge in [0, 0.05) is 12.0 Å². The molecule has 1 aliphatic carbocycles. The largest absolute Gasteiger partial charge is 0.448 e. The lowest BCUT2D eigenvalue weighted by atomic mass is 9.94. The molecule has 2 unspecified atom stereocenters. The van der Waals surface area contributed by atoms with Crippen molar-refractivity contribution in [1.29, 1.82) is 0 Å². The number of carbonyl (C=O) groups is 1. The van der Waals surface area contributed by atoms with Crippen molar-refractivity contribution >= 4 is 6.09 Å². The minimum absolute atomic E-state index is 0.0271. The van der Waals surface area contributed by atoms with Gasteiger partial charge in [0.1, 0.15) is 6.61 Å². The number of hydrogen-bond acceptors (Lipinski definition) is 2. The summed E-state index contributed by atoms with van der Waals surface area (Å²) in [5, 5.41) is 0. The molecule has 1 saturated heterocycles. The van der Waals surface area contributed by atoms with Gasteiger partial charge < -0.3 is 4.74 Å². The summed E-state index contributed by atoms with van der Waals surface area (Å²) in [4.78, 5) is 15.1. The van der Waals surface area contributed by atoms with Crippen molar-refractivity contribution in [2.24, 2.45) is 0 Å². The molecule has 2 heterocycles. The van der Waals surface area contributed by atoms with E-state index in [9.17, 15) is 13.6 Å². The fourth-order valence-electron chi connectivity index (χ4n) is 6.07. The Kier molecular flexibility index (Phi) is 5.43. The molecular weight excluding hydrogens is 444 g/mol. The smallest absolute Gasteiger partial charge is 0.410 e. The standard InChI is InChI=1S/C30H27F2NO2/c1-18-10-11-20(29(32)28(18)31)14-19-15-21-12-13-22(16-19)33(21)30(34)35-17-27-25-8-4-2-6-23(25)24-7-3-5-9-26(24)27/h2-11,15,21-22,27H,12-14,16-17H2,1H3. The predicted octanol–water partition coefficient (Wildman–Crippen LogP) is 6.93. The number of aryl methyl sites for hydroxylation is 1. The van der Waals surface area contributed by atoms with Crippen LogP contribution in [0.1, 0.15) is 47.4 Å². The minimum Gasteiger partial charge on any atom is -0.448 e. The van der Waals surface area contributed by atoms with E-state index < -0.39 is 11.6 Å². The molecule has 178 valence electrons. The second kappa shape index (κ2) is 8.63. The summed E-state index contributed by atoms with van der Waals surface area (Å²) in [7, 11) is 0. The maximum atomic E-state index is 14.4. The molecular formula is C30H27F2NO2. The molecule has 2 aliphatic heterocycles. The minimum atomic E-state index is -0.776. The molecule has 3 nitrogen and oxygen atoms in total. The second-order valence-corrected chi connectivity index (χ2v) is 9.89. The quantitative estimate of drug-likeness (QED) is 0.386. The van der Waals surface area contributed by atoms with E-state index in [-0.39, 0.29) is 24.1 Å². The molecule has 0 N–H and O–H groups in total. The number of fused-ring (bicyclic) bond motifs is 5. The number of hydrogen-bond donors (Lipinski definition) is 0. The van der Waals surface area contributed by atoms with Gasteiger partial charge in [-0.1, -0.05) is 72.3 Å². The van der Waals surface area contributed by atoms with E-state index in [2.05, 4.69) is 30.3 Å². The molecule has 3 aromatic carbocycles. The molecule has 6 rings (SSSR count). The molecule has 35 heavy (non-hydrogen) atoms. The van der Waals surface area contributed by atoms with Crippen LogP contribution in [0, 0.1) is 18.6 Å². The monoisotopic (exact) mass is 471 g/mol. The third-order valence-corrected chi connectivity index (χ3v) is 7.79. The molecule has 0 spiro atoms. The highest BCUT2D eigenvalue weighted by Gasteiger charge is 2.41. The highest BCUT2D eigenvalue weighted by atomic mass is 19.2. The maximum absolute atomic E-state index is 14.4. The Morgan fingerprint density at radius 3 is 2.31 bits per heavy atom. The first-order valence-electron chi connectivity index (χ1n) is 12.3. The van der Waals surface area contributed by atoms with E-state index in [0.29, 0.717) is 30.6 Å². The summed E-state index contributed by atoms with van der Waals surface area (Å²) in [6, 6.07) is 19.9. The van der Waals surface area contributed by atoms with Gasteiger partial charge >= 0.3 is 6.09 Å². The molecule has 2 bridgehead atoms. The molecule has 3 aromatic rings. The number of benzene rings is 3. The first-order chi connectivity index (χ1) is 17.0. The van der Waals surface area contributed by atoms with Crippen LogP contribution in [-0.2, 0) is 11.2 Å². The van der Waals surface area contributed by atoms with Gasteiger partial charge in [-0.15, -0.1) is 0 Å². The van der Waals surface area contributed by atoms with Crippen molar-refractivity contribution in [3.63, 3.8) is 0 Å². The summed E-state index contributed by atoms with van der Waals surface area (Å²) in [5.74, 6) is -1.52. The summed E-state index contributed by atoms with van der Waals surface area (Å²) < 4.78 is 34.3. The van der Waals surface area contributed by atoms with Crippen molar-refractivity contribution < 1.29 is 18.3 Å². The molecule has 0 aromatic heterocycles. The van der Waals surface area contributed by atoms with Crippen LogP contribution in [0.4, 0.5) is 13.6 Å². The van der Waals surface area contributed by atoms with Crippen molar-refractivity contribution in [3.8, 4) is 11.1 Å². The van der Waals surface area contributed by atoms with Crippen LogP contribution in [0.3, 0.4) is 0 Å². The van der Waals surface area contributed by atoms with Gasteiger partial charge in [0.2, 0.25) is 0 Å². The van der Waals surface area contributed by atoms with Crippen LogP contribution >= 0.6 is 0 Å². The normalized spacial score (nSPS) is 20.4. The maximum Gasteiger partial charge on any atom is 0.410 e. The number of amides is 1. The number of nitrogens with zero attached hydrogens (tertiary/aromatic N) is 1. The van der Waals surface area contributed by atoms with Gasteiger partial charge in [-0.2, -0.15) is 0 Å². The number of carbonyl (C=O) groups excluding carboxylic acids is 1. The van der Waals surface area contributed by atoms with Gasteiger partial charge in [-0.25, -0.2) is 13.6 Å². The van der Waals surface area contributed by atoms with E-state index in [0.717, 1.165) is 18.4 Å². The lowest BCUT2D eigenvalue weighted by molar-refractivity contribution is 0.0849. The number of rotatable bonds is 4. The van der Waals surface area contributed by atoms with E-state index in [4.69, 9.17) is 4.74 Å². The summed E-state index contributed by atoms with van der Waals surface area (Å²) >= 11 is 0. The first-order valence-corrected chi connectivity index (χ1v) is 12.3. The molecule has 0 saturated carbocycles. The van der Waals surface area contributed by atoms with Gasteiger partial charge in [0.05, 0.1) is 6.04 Å². The highest BCUT2D eigenvalue weighted by Crippen LogP contribution is 2.45. The van der Waals surface area contributed by atoms with Crippen LogP contribution in [0.25, 0.3) is 11.1 Å². The number of halogens is 2. The molecule has 0 radical (unpaired) electrons. The second-order valence-electron chi connectivity index (χ2n) is 9.89. The fraction of sp³-hybridized carbons (Fsp3) is 0.300. The summed E-state index contributed by atoms with van der Waals surface area (Å²) in [6.07, 6.45) is 4.55. The SMILES string of the molecule is Cc1ccc(CC2=CC3CCC(C2)N3C(=O)OCC2c3ccccc3-c3ccccc32)c(F)c1F. The third-order valence-electron chi connectivity index (χ3n) is 7.79. The highest BCUT2D eigenvalue weighted by molar-refractivity contribution is 5.79. The van der Waals surface area contributed by atoms with Crippen LogP contribution in [0.15, 0.2) is 72.3 Å². The van der Waals surface area contributed by atoms with Crippen LogP contribution in [-0.4, -0.2) is 29.7 Å². The predicted molar refractivity (Wildman–Crippen MR) is 131 cm³/mol. The Morgan fingerprint density at radius 2 is 1.63 bits per heavy atom. The molecule has 1 fully saturated rings. The first kappa shape index (κ1) is 22.0. The van der Waals surface area contributed by atoms with E-state index in [1.807, 2.05) is 29.2 Å². The lowest BCUT2D eigenvalue weighted by Gasteiger charge is -2.33. The topological polar surface area (TPSA) is 29.5 Å². The van der Waals surface area contributed by atoms with Crippen LogP contribution in [0.2, 0.25) is 0 Å². The molecule has 2 atom stereocenters. The molecule has 5 heteroatoms. The van der Waals surface area contributed by atoms with E-state index in [1.165, 1.54) is 22.3 Å². The third kappa shape index (κ3) is 3.74. The van der Waals surface area contributed by atoms with E-state index in [1.54, 1.807) is 19.1 Å². The Morgan fingerprint density at radius 1 is 0.943 bits per heavy atom. The zero-order valence-corrected chi connectivity index (χ0v) is 19.6. The van der Waals surface area contributed by atoms with Crippen molar-refractivity contribution in [2.75, 3.05) is 6.61 Å². The Labute approximate surface area is 204 Å². The summed E-state index contributed by atoms with van der Waals surface area (Å²) in [5.41, 5.74) is 6.53. The molecule has 3 aliphatic rings. The van der Waals surface area contributed by atoms with Gasteiger partial charge in [-0.05, 0) is 66.0 Å². The number of ether oxygens (including phenoxy) is 1. The summed E-state index contributed by atoms with van der Waals surface area (Å²) in [6.45, 7) is 1.86. The Bertz CT molecular complexity index is 1300. The van der Waals surface area contributed by atoms with Crippen LogP contribution < -0.4 is 0 Å². The lowest BCUT2D eigenvalue weighted by Crippen LogP contribution is -2.44. The average Bonchev–Trinajstić information content (AvgIpc) is 3.34. The fourth-order valence-corrected chi connectivity index (χ4v) is 6.07. The zero-order valence-electron chi connectivity index (χ0n) is 19.6. The van der Waals surface area contributed by atoms with Crippen molar-refractivity contribution in [3.05, 3.63) is 106 Å². The van der Waals surface area contributed by atoms with Crippen molar-refractivity contribution in [1.82, 2.24) is 4.90 Å².